The van der Waals surface area contributed by atoms with Crippen molar-refractivity contribution in [3.05, 3.63) is 40.7 Å². The molecule has 0 bridgehead atoms. The minimum absolute atomic E-state index is 0.146. The van der Waals surface area contributed by atoms with Gasteiger partial charge in [-0.1, -0.05) is 57.5 Å². The fourth-order valence-electron chi connectivity index (χ4n) is 3.14. The number of aromatic nitrogens is 4. The van der Waals surface area contributed by atoms with Crippen molar-refractivity contribution in [1.82, 2.24) is 19.5 Å². The Morgan fingerprint density at radius 3 is 2.68 bits per heavy atom. The summed E-state index contributed by atoms with van der Waals surface area (Å²) in [6, 6.07) is 0. The number of nitrogen functional groups attached to an aromatic ring is 1. The average molecular weight is 489 g/mol. The van der Waals surface area contributed by atoms with Crippen molar-refractivity contribution in [2.24, 2.45) is 0 Å². The maximum absolute atomic E-state index is 6.16. The molecule has 7 nitrogen and oxygen atoms in total. The van der Waals surface area contributed by atoms with Crippen LogP contribution in [-0.4, -0.2) is 39.6 Å². The van der Waals surface area contributed by atoms with E-state index in [0.29, 0.717) is 34.2 Å². The monoisotopic (exact) mass is 488 g/mol. The van der Waals surface area contributed by atoms with Gasteiger partial charge in [0.2, 0.25) is 5.95 Å². The summed E-state index contributed by atoms with van der Waals surface area (Å²) in [7, 11) is 0. The lowest BCUT2D eigenvalue weighted by atomic mass is 9.65. The molecular weight excluding hydrogens is 455 g/mol. The predicted octanol–water partition coefficient (Wildman–Crippen LogP) is 5.49. The Balaban J connectivity index is 2.28. The molecular formula is C22H34BBrN6O. The zero-order valence-electron chi connectivity index (χ0n) is 19.1. The van der Waals surface area contributed by atoms with Gasteiger partial charge in [-0.2, -0.15) is 9.97 Å². The van der Waals surface area contributed by atoms with Crippen LogP contribution >= 0.6 is 15.9 Å². The van der Waals surface area contributed by atoms with E-state index in [-0.39, 0.29) is 6.92 Å². The molecule has 0 saturated heterocycles. The quantitative estimate of drug-likeness (QED) is 0.167. The molecule has 2 rings (SSSR count). The maximum Gasteiger partial charge on any atom is 0.294 e. The van der Waals surface area contributed by atoms with Gasteiger partial charge in [-0.05, 0) is 47.6 Å². The lowest BCUT2D eigenvalue weighted by molar-refractivity contribution is 0.323. The van der Waals surface area contributed by atoms with Crippen LogP contribution in [0.15, 0.2) is 40.7 Å². The lowest BCUT2D eigenvalue weighted by Gasteiger charge is -2.12. The zero-order chi connectivity index (χ0) is 22.8. The van der Waals surface area contributed by atoms with E-state index in [1.165, 1.54) is 0 Å². The number of rotatable bonds is 13. The molecule has 2 aromatic heterocycles. The van der Waals surface area contributed by atoms with E-state index in [2.05, 4.69) is 75.6 Å². The number of nitrogens with zero attached hydrogens (tertiary/aromatic N) is 4. The van der Waals surface area contributed by atoms with Crippen LogP contribution in [-0.2, 0) is 11.2 Å². The number of hydrogen-bond acceptors (Lipinski definition) is 6. The van der Waals surface area contributed by atoms with Gasteiger partial charge in [0, 0.05) is 13.2 Å². The molecule has 0 spiro atoms. The predicted molar refractivity (Wildman–Crippen MR) is 136 cm³/mol. The highest BCUT2D eigenvalue weighted by Crippen LogP contribution is 2.25. The lowest BCUT2D eigenvalue weighted by Crippen LogP contribution is -2.14. The molecule has 2 aromatic rings. The normalized spacial score (nSPS) is 12.4. The fraction of sp³-hybridized carbons (Fsp3) is 0.500. The number of hydrogen-bond donors (Lipinski definition) is 2. The third kappa shape index (κ3) is 7.21. The second-order valence-electron chi connectivity index (χ2n) is 7.52. The third-order valence-electron chi connectivity index (χ3n) is 4.86. The van der Waals surface area contributed by atoms with Crippen molar-refractivity contribution in [1.29, 1.82) is 0 Å². The first kappa shape index (κ1) is 25.1. The number of nitrogens with one attached hydrogen (secondary N) is 1. The molecule has 0 saturated carbocycles. The highest BCUT2D eigenvalue weighted by molar-refractivity contribution is 9.10. The zero-order valence-corrected chi connectivity index (χ0v) is 20.7. The second kappa shape index (κ2) is 12.7. The van der Waals surface area contributed by atoms with Gasteiger partial charge >= 0.3 is 0 Å². The highest BCUT2D eigenvalue weighted by Gasteiger charge is 2.16. The summed E-state index contributed by atoms with van der Waals surface area (Å²) in [6.07, 6.45) is 10.1. The molecule has 0 unspecified atom stereocenters. The number of nitrogens with two attached hydrogens (primary N) is 1. The fourth-order valence-corrected chi connectivity index (χ4v) is 3.61. The Bertz CT molecular complexity index is 940. The highest BCUT2D eigenvalue weighted by atomic mass is 79.9. The van der Waals surface area contributed by atoms with Crippen molar-refractivity contribution in [3.8, 4) is 0 Å². The van der Waals surface area contributed by atoms with Gasteiger partial charge in [0.1, 0.15) is 0 Å². The minimum atomic E-state index is 0.146. The Morgan fingerprint density at radius 1 is 1.26 bits per heavy atom. The summed E-state index contributed by atoms with van der Waals surface area (Å²) >= 11 is 3.56. The van der Waals surface area contributed by atoms with Crippen LogP contribution in [0.5, 0.6) is 0 Å². The third-order valence-corrected chi connectivity index (χ3v) is 5.47. The number of fused-ring (bicyclic) bond motifs is 1. The smallest absolute Gasteiger partial charge is 0.294 e. The molecule has 0 atom stereocenters. The number of imidazole rings is 1. The first-order valence-corrected chi connectivity index (χ1v) is 11.8. The van der Waals surface area contributed by atoms with E-state index in [1.54, 1.807) is 0 Å². The Hall–Kier alpha value is -2.13. The summed E-state index contributed by atoms with van der Waals surface area (Å²) < 4.78 is 8.49. The first-order valence-electron chi connectivity index (χ1n) is 11.0. The van der Waals surface area contributed by atoms with Gasteiger partial charge < -0.3 is 15.7 Å². The van der Waals surface area contributed by atoms with E-state index in [9.17, 15) is 0 Å². The number of unbranched alkanes of at least 4 members (excludes halogenated alkanes) is 1. The molecule has 0 aliphatic rings. The summed E-state index contributed by atoms with van der Waals surface area (Å²) in [5, 5.41) is 3.25. The first-order chi connectivity index (χ1) is 14.9. The van der Waals surface area contributed by atoms with Gasteiger partial charge in [-0.15, -0.1) is 0 Å². The van der Waals surface area contributed by atoms with Crippen LogP contribution in [0.3, 0.4) is 0 Å². The van der Waals surface area contributed by atoms with Gasteiger partial charge in [-0.25, -0.2) is 4.98 Å². The van der Waals surface area contributed by atoms with Crippen molar-refractivity contribution in [2.75, 3.05) is 24.2 Å². The summed E-state index contributed by atoms with van der Waals surface area (Å²) in [5.74, 6) is 0.896. The van der Waals surface area contributed by atoms with E-state index < -0.39 is 0 Å². The van der Waals surface area contributed by atoms with Crippen molar-refractivity contribution in [3.63, 3.8) is 0 Å². The summed E-state index contributed by atoms with van der Waals surface area (Å²) in [5.41, 5.74) is 9.71. The van der Waals surface area contributed by atoms with Crippen molar-refractivity contribution >= 4 is 45.8 Å². The number of allylic oxidation sites excluding steroid dienone is 5. The minimum Gasteiger partial charge on any atom is -0.436 e. The molecule has 3 N–H and O–H groups in total. The van der Waals surface area contributed by atoms with E-state index >= 15 is 0 Å². The van der Waals surface area contributed by atoms with Crippen LogP contribution in [0.25, 0.3) is 11.2 Å². The van der Waals surface area contributed by atoms with Crippen molar-refractivity contribution in [2.45, 2.75) is 59.7 Å². The molecule has 0 aliphatic heterocycles. The molecule has 2 heterocycles. The summed E-state index contributed by atoms with van der Waals surface area (Å²) in [6.45, 7) is 14.7. The molecule has 0 aliphatic carbocycles. The average Bonchev–Trinajstić information content (AvgIpc) is 3.07. The van der Waals surface area contributed by atoms with E-state index in [4.69, 9.17) is 10.4 Å². The van der Waals surface area contributed by atoms with Crippen molar-refractivity contribution < 1.29 is 4.65 Å². The van der Waals surface area contributed by atoms with Gasteiger partial charge in [0.05, 0.1) is 6.54 Å². The second-order valence-corrected chi connectivity index (χ2v) is 8.23. The molecule has 0 radical (unpaired) electrons. The molecule has 0 amide bonds. The number of halogens is 1. The van der Waals surface area contributed by atoms with E-state index in [0.717, 1.165) is 49.9 Å². The van der Waals surface area contributed by atoms with Crippen LogP contribution in [0.4, 0.5) is 11.8 Å². The summed E-state index contributed by atoms with van der Waals surface area (Å²) in [4.78, 5) is 13.6. The van der Waals surface area contributed by atoms with Gasteiger partial charge in [0.15, 0.2) is 21.7 Å². The topological polar surface area (TPSA) is 90.9 Å². The van der Waals surface area contributed by atoms with Crippen LogP contribution in [0.1, 0.15) is 40.0 Å². The molecule has 168 valence electrons. The Labute approximate surface area is 194 Å². The Morgan fingerprint density at radius 2 is 2.03 bits per heavy atom. The molecule has 0 aromatic carbocycles. The number of anilines is 2. The van der Waals surface area contributed by atoms with Gasteiger partial charge in [-0.3, -0.25) is 4.57 Å². The maximum atomic E-state index is 6.16. The molecule has 0 fully saturated rings. The SMILES string of the molecule is C=C/C(=C\C(=C/C)Cn1c(Br)nc2c(N)nc(NCCCC)nc21)CB(C)OCCC. The Kier molecular flexibility index (Phi) is 10.3. The van der Waals surface area contributed by atoms with Crippen LogP contribution < -0.4 is 11.1 Å². The van der Waals surface area contributed by atoms with Crippen LogP contribution in [0, 0.1) is 0 Å². The van der Waals surface area contributed by atoms with Gasteiger partial charge in [0.25, 0.3) is 6.92 Å². The van der Waals surface area contributed by atoms with Crippen LogP contribution in [0.2, 0.25) is 13.1 Å². The largest absolute Gasteiger partial charge is 0.436 e. The van der Waals surface area contributed by atoms with E-state index in [1.807, 2.05) is 17.6 Å². The molecule has 9 heteroatoms. The molecule has 31 heavy (non-hydrogen) atoms. The standard InChI is InChI=1S/C22H34BBrN6O/c1-6-10-11-26-22-28-19(25)18-20(29-22)30(21(24)27-18)15-17(9-4)13-16(8-3)14-23(5)31-12-7-2/h8-9,13H,3,6-7,10-12,14-15H2,1-2,4-5H3,(H3,25,26,28,29)/b16-13+,17-9+.